The average molecular weight is 272 g/mol. The predicted molar refractivity (Wildman–Crippen MR) is 81.1 cm³/mol. The summed E-state index contributed by atoms with van der Waals surface area (Å²) in [5.41, 5.74) is 2.91. The second-order valence-corrected chi connectivity index (χ2v) is 6.14. The summed E-state index contributed by atoms with van der Waals surface area (Å²) < 4.78 is 2.62. The average Bonchev–Trinajstić information content (AvgIpc) is 2.77. The lowest BCUT2D eigenvalue weighted by Gasteiger charge is -2.32. The van der Waals surface area contributed by atoms with Gasteiger partial charge in [0.1, 0.15) is 5.52 Å². The number of nitrogens with zero attached hydrogens (tertiary/aromatic N) is 4. The Labute approximate surface area is 120 Å². The molecule has 0 fully saturated rings. The Morgan fingerprint density at radius 1 is 1.30 bits per heavy atom. The molecule has 6 heteroatoms. The highest BCUT2D eigenvalue weighted by Gasteiger charge is 2.30. The van der Waals surface area contributed by atoms with Crippen LogP contribution in [0.25, 0.3) is 11.0 Å². The van der Waals surface area contributed by atoms with E-state index in [1.165, 1.54) is 0 Å². The maximum atomic E-state index is 12.2. The van der Waals surface area contributed by atoms with E-state index in [9.17, 15) is 4.79 Å². The number of fused-ring (bicyclic) bond motifs is 1. The minimum absolute atomic E-state index is 0.105. The molecule has 0 amide bonds. The smallest absolute Gasteiger partial charge is 0.295 e. The molecule has 0 aliphatic heterocycles. The lowest BCUT2D eigenvalue weighted by Crippen LogP contribution is -2.26. The molecule has 0 saturated carbocycles. The zero-order valence-corrected chi connectivity index (χ0v) is 13.1. The lowest BCUT2D eigenvalue weighted by molar-refractivity contribution is 0.288. The molecule has 1 unspecified atom stereocenters. The second-order valence-electron chi connectivity index (χ2n) is 6.14. The van der Waals surface area contributed by atoms with Crippen molar-refractivity contribution >= 4 is 19.0 Å². The van der Waals surface area contributed by atoms with Gasteiger partial charge in [0.15, 0.2) is 5.52 Å². The van der Waals surface area contributed by atoms with Gasteiger partial charge in [0.2, 0.25) is 0 Å². The molecule has 1 atom stereocenters. The van der Waals surface area contributed by atoms with Crippen molar-refractivity contribution in [1.29, 1.82) is 0 Å². The highest BCUT2D eigenvalue weighted by Crippen LogP contribution is 2.40. The van der Waals surface area contributed by atoms with E-state index in [1.807, 2.05) is 6.92 Å². The maximum Gasteiger partial charge on any atom is 0.295 e. The normalized spacial score (nSPS) is 13.9. The first-order valence-corrected chi connectivity index (χ1v) is 6.92. The van der Waals surface area contributed by atoms with E-state index in [0.717, 1.165) is 22.4 Å². The molecule has 2 aromatic rings. The first-order chi connectivity index (χ1) is 9.20. The van der Waals surface area contributed by atoms with Crippen LogP contribution in [-0.4, -0.2) is 27.5 Å². The maximum absolute atomic E-state index is 12.2. The van der Waals surface area contributed by atoms with Gasteiger partial charge in [-0.25, -0.2) is 4.71 Å². The van der Waals surface area contributed by atoms with E-state index < -0.39 is 0 Å². The third-order valence-corrected chi connectivity index (χ3v) is 4.80. The van der Waals surface area contributed by atoms with Gasteiger partial charge in [-0.3, -0.25) is 4.79 Å². The summed E-state index contributed by atoms with van der Waals surface area (Å²) >= 11 is 0. The summed E-state index contributed by atoms with van der Waals surface area (Å²) in [6, 6.07) is 0. The Balaban J connectivity index is 2.85. The molecule has 0 N–H and O–H groups in total. The van der Waals surface area contributed by atoms with Crippen molar-refractivity contribution in [2.45, 2.75) is 47.0 Å². The quantitative estimate of drug-likeness (QED) is 0.802. The van der Waals surface area contributed by atoms with Crippen LogP contribution in [0, 0.1) is 12.3 Å². The van der Waals surface area contributed by atoms with Gasteiger partial charge >= 0.3 is 0 Å². The lowest BCUT2D eigenvalue weighted by atomic mass is 9.73. The molecule has 0 aliphatic carbocycles. The molecule has 5 nitrogen and oxygen atoms in total. The van der Waals surface area contributed by atoms with Crippen LogP contribution in [-0.2, 0) is 7.05 Å². The molecule has 0 aromatic carbocycles. The van der Waals surface area contributed by atoms with E-state index >= 15 is 0 Å². The summed E-state index contributed by atoms with van der Waals surface area (Å²) in [6.07, 6.45) is 1.04. The molecule has 0 bridgehead atoms. The standard InChI is InChI=1S/C14H21BN4O/c1-7-14(4,5)8(2)10-9(3)18(6)13(20)12-11(10)16-19(15)17-12/h8H,7H2,1-6H3. The summed E-state index contributed by atoms with van der Waals surface area (Å²) in [6.45, 7) is 10.7. The highest BCUT2D eigenvalue weighted by atomic mass is 16.1. The molecule has 0 saturated heterocycles. The SMILES string of the molecule is [B]n1nc2c(C(C)C(C)(C)CC)c(C)n(C)c(=O)c2n1. The highest BCUT2D eigenvalue weighted by molar-refractivity contribution is 6.05. The number of aromatic nitrogens is 4. The molecular weight excluding hydrogens is 251 g/mol. The number of rotatable bonds is 3. The van der Waals surface area contributed by atoms with Gasteiger partial charge in [-0.15, -0.1) is 0 Å². The van der Waals surface area contributed by atoms with E-state index in [4.69, 9.17) is 7.98 Å². The van der Waals surface area contributed by atoms with E-state index in [1.54, 1.807) is 11.6 Å². The van der Waals surface area contributed by atoms with Gasteiger partial charge in [-0.2, -0.15) is 10.2 Å². The zero-order valence-electron chi connectivity index (χ0n) is 13.1. The third kappa shape index (κ3) is 2.07. The second kappa shape index (κ2) is 4.75. The van der Waals surface area contributed by atoms with Crippen LogP contribution in [0.15, 0.2) is 4.79 Å². The van der Waals surface area contributed by atoms with Gasteiger partial charge in [0.25, 0.3) is 13.5 Å². The Hall–Kier alpha value is -1.59. The Morgan fingerprint density at radius 3 is 2.40 bits per heavy atom. The Morgan fingerprint density at radius 2 is 1.85 bits per heavy atom. The van der Waals surface area contributed by atoms with Gasteiger partial charge in [0.05, 0.1) is 0 Å². The fraction of sp³-hybridized carbons (Fsp3) is 0.643. The molecular formula is C14H21BN4O. The fourth-order valence-corrected chi connectivity index (χ4v) is 2.53. The van der Waals surface area contributed by atoms with Crippen molar-refractivity contribution in [1.82, 2.24) is 19.5 Å². The first kappa shape index (κ1) is 14.8. The van der Waals surface area contributed by atoms with Gasteiger partial charge in [-0.1, -0.05) is 34.1 Å². The van der Waals surface area contributed by atoms with E-state index in [-0.39, 0.29) is 16.9 Å². The summed E-state index contributed by atoms with van der Waals surface area (Å²) in [7, 11) is 7.38. The summed E-state index contributed by atoms with van der Waals surface area (Å²) in [4.78, 5) is 12.2. The van der Waals surface area contributed by atoms with Crippen molar-refractivity contribution in [2.24, 2.45) is 12.5 Å². The third-order valence-electron chi connectivity index (χ3n) is 4.80. The van der Waals surface area contributed by atoms with Gasteiger partial charge in [-0.05, 0) is 18.3 Å². The van der Waals surface area contributed by atoms with E-state index in [0.29, 0.717) is 11.0 Å². The molecule has 2 radical (unpaired) electrons. The van der Waals surface area contributed by atoms with Crippen LogP contribution in [0.1, 0.15) is 51.3 Å². The van der Waals surface area contributed by atoms with Crippen LogP contribution in [0.4, 0.5) is 0 Å². The van der Waals surface area contributed by atoms with Crippen LogP contribution in [0.2, 0.25) is 0 Å². The molecule has 2 rings (SSSR count). The van der Waals surface area contributed by atoms with Crippen LogP contribution in [0.3, 0.4) is 0 Å². The minimum atomic E-state index is -0.153. The molecule has 2 heterocycles. The zero-order chi connectivity index (χ0) is 15.2. The number of hydrogen-bond donors (Lipinski definition) is 0. The van der Waals surface area contributed by atoms with Crippen molar-refractivity contribution < 1.29 is 0 Å². The molecule has 106 valence electrons. The first-order valence-electron chi connectivity index (χ1n) is 6.92. The minimum Gasteiger partial charge on any atom is -0.314 e. The fourth-order valence-electron chi connectivity index (χ4n) is 2.53. The topological polar surface area (TPSA) is 52.7 Å². The van der Waals surface area contributed by atoms with Crippen molar-refractivity contribution in [3.8, 4) is 0 Å². The summed E-state index contributed by atoms with van der Waals surface area (Å²) in [5.74, 6) is 0.249. The van der Waals surface area contributed by atoms with Crippen molar-refractivity contribution in [3.63, 3.8) is 0 Å². The van der Waals surface area contributed by atoms with Crippen LogP contribution >= 0.6 is 0 Å². The van der Waals surface area contributed by atoms with Gasteiger partial charge in [0, 0.05) is 18.3 Å². The largest absolute Gasteiger partial charge is 0.314 e. The molecule has 0 spiro atoms. The molecule has 0 aliphatic rings. The van der Waals surface area contributed by atoms with Crippen molar-refractivity contribution in [2.75, 3.05) is 0 Å². The van der Waals surface area contributed by atoms with Crippen LogP contribution < -0.4 is 5.56 Å². The van der Waals surface area contributed by atoms with Crippen LogP contribution in [0.5, 0.6) is 0 Å². The number of pyridine rings is 1. The molecule has 20 heavy (non-hydrogen) atoms. The monoisotopic (exact) mass is 272 g/mol. The Bertz CT molecular complexity index is 714. The van der Waals surface area contributed by atoms with Gasteiger partial charge < -0.3 is 4.57 Å². The Kier molecular flexibility index (Phi) is 3.52. The molecule has 2 aromatic heterocycles. The number of hydrogen-bond acceptors (Lipinski definition) is 3. The predicted octanol–water partition coefficient (Wildman–Crippen LogP) is 1.91. The summed E-state index contributed by atoms with van der Waals surface area (Å²) in [5, 5.41) is 8.23. The van der Waals surface area contributed by atoms with Crippen molar-refractivity contribution in [3.05, 3.63) is 21.6 Å². The van der Waals surface area contributed by atoms with E-state index in [2.05, 4.69) is 37.9 Å².